The average molecular weight is 424 g/mol. The first-order valence-corrected chi connectivity index (χ1v) is 10.1. The number of rotatable bonds is 5. The van der Waals surface area contributed by atoms with Gasteiger partial charge in [0, 0.05) is 36.5 Å². The van der Waals surface area contributed by atoms with E-state index in [-0.39, 0.29) is 23.4 Å². The van der Waals surface area contributed by atoms with E-state index in [0.717, 1.165) is 12.5 Å². The lowest BCUT2D eigenvalue weighted by Gasteiger charge is -2.33. The van der Waals surface area contributed by atoms with Gasteiger partial charge in [-0.3, -0.25) is 4.79 Å². The number of carbonyl (C=O) groups excluding carboxylic acids is 1. The van der Waals surface area contributed by atoms with Crippen molar-refractivity contribution in [2.24, 2.45) is 5.92 Å². The number of thiophene rings is 1. The number of nitrogens with one attached hydrogen (secondary N) is 1. The van der Waals surface area contributed by atoms with Crippen LogP contribution in [-0.2, 0) is 17.4 Å². The summed E-state index contributed by atoms with van der Waals surface area (Å²) in [7, 11) is 0. The van der Waals surface area contributed by atoms with Gasteiger partial charge in [-0.1, -0.05) is 6.07 Å². The van der Waals surface area contributed by atoms with E-state index in [1.807, 2.05) is 17.5 Å². The number of aromatic nitrogens is 4. The molecule has 0 bridgehead atoms. The number of anilines is 1. The molecule has 0 radical (unpaired) electrons. The SMILES string of the molecule is O=C(NCCc1cccs1)C1CCN(c2cc(C(F)(F)F)nc3ncnn23)CC1. The molecule has 1 aliphatic heterocycles. The van der Waals surface area contributed by atoms with Crippen molar-refractivity contribution in [2.45, 2.75) is 25.4 Å². The van der Waals surface area contributed by atoms with E-state index in [0.29, 0.717) is 32.5 Å². The Bertz CT molecular complexity index is 979. The summed E-state index contributed by atoms with van der Waals surface area (Å²) in [5.41, 5.74) is -0.999. The van der Waals surface area contributed by atoms with Crippen LogP contribution in [0.2, 0.25) is 0 Å². The lowest BCUT2D eigenvalue weighted by molar-refractivity contribution is -0.141. The first-order chi connectivity index (χ1) is 13.9. The van der Waals surface area contributed by atoms with E-state index in [1.165, 1.54) is 15.7 Å². The molecule has 0 atom stereocenters. The third-order valence-electron chi connectivity index (χ3n) is 4.96. The molecule has 1 N–H and O–H groups in total. The zero-order valence-electron chi connectivity index (χ0n) is 15.4. The molecule has 4 heterocycles. The molecule has 11 heteroatoms. The average Bonchev–Trinajstić information content (AvgIpc) is 3.38. The van der Waals surface area contributed by atoms with Crippen LogP contribution in [0.15, 0.2) is 29.9 Å². The van der Waals surface area contributed by atoms with Crippen LogP contribution >= 0.6 is 11.3 Å². The highest BCUT2D eigenvalue weighted by Crippen LogP contribution is 2.31. The minimum Gasteiger partial charge on any atom is -0.356 e. The Morgan fingerprint density at radius 3 is 2.79 bits per heavy atom. The van der Waals surface area contributed by atoms with E-state index >= 15 is 0 Å². The van der Waals surface area contributed by atoms with Gasteiger partial charge in [0.2, 0.25) is 5.91 Å². The van der Waals surface area contributed by atoms with Crippen LogP contribution in [0.3, 0.4) is 0 Å². The van der Waals surface area contributed by atoms with E-state index in [9.17, 15) is 18.0 Å². The van der Waals surface area contributed by atoms with Gasteiger partial charge in [-0.2, -0.15) is 27.8 Å². The Morgan fingerprint density at radius 2 is 2.10 bits per heavy atom. The lowest BCUT2D eigenvalue weighted by atomic mass is 9.96. The van der Waals surface area contributed by atoms with E-state index in [4.69, 9.17) is 0 Å². The quantitative estimate of drug-likeness (QED) is 0.682. The minimum absolute atomic E-state index is 0.00202. The van der Waals surface area contributed by atoms with Gasteiger partial charge in [0.15, 0.2) is 5.69 Å². The predicted molar refractivity (Wildman–Crippen MR) is 102 cm³/mol. The van der Waals surface area contributed by atoms with Crippen molar-refractivity contribution in [1.29, 1.82) is 0 Å². The Kier molecular flexibility index (Phi) is 5.39. The lowest BCUT2D eigenvalue weighted by Crippen LogP contribution is -2.41. The van der Waals surface area contributed by atoms with Crippen molar-refractivity contribution in [3.8, 4) is 0 Å². The molecule has 0 unspecified atom stereocenters. The number of carbonyl (C=O) groups is 1. The number of fused-ring (bicyclic) bond motifs is 1. The van der Waals surface area contributed by atoms with Gasteiger partial charge in [-0.15, -0.1) is 11.3 Å². The predicted octanol–water partition coefficient (Wildman–Crippen LogP) is 2.78. The number of alkyl halides is 3. The Hall–Kier alpha value is -2.69. The van der Waals surface area contributed by atoms with E-state index < -0.39 is 11.9 Å². The van der Waals surface area contributed by atoms with Gasteiger partial charge in [0.05, 0.1) is 0 Å². The van der Waals surface area contributed by atoms with Gasteiger partial charge >= 0.3 is 6.18 Å². The number of halogens is 3. The van der Waals surface area contributed by atoms with E-state index in [2.05, 4.69) is 20.4 Å². The van der Waals surface area contributed by atoms with Gasteiger partial charge < -0.3 is 10.2 Å². The molecule has 3 aromatic heterocycles. The first kappa shape index (κ1) is 19.6. The fourth-order valence-electron chi connectivity index (χ4n) is 3.45. The van der Waals surface area contributed by atoms with Crippen molar-refractivity contribution in [3.63, 3.8) is 0 Å². The van der Waals surface area contributed by atoms with Crippen molar-refractivity contribution in [3.05, 3.63) is 40.5 Å². The molecular weight excluding hydrogens is 405 g/mol. The maximum atomic E-state index is 13.2. The Morgan fingerprint density at radius 1 is 1.31 bits per heavy atom. The summed E-state index contributed by atoms with van der Waals surface area (Å²) in [5.74, 6) is 0.0437. The highest BCUT2D eigenvalue weighted by Gasteiger charge is 2.35. The Labute approximate surface area is 168 Å². The molecule has 0 aliphatic carbocycles. The summed E-state index contributed by atoms with van der Waals surface area (Å²) in [5, 5.41) is 8.96. The molecule has 3 aromatic rings. The highest BCUT2D eigenvalue weighted by molar-refractivity contribution is 7.09. The monoisotopic (exact) mass is 424 g/mol. The zero-order chi connectivity index (χ0) is 20.4. The third kappa shape index (κ3) is 4.34. The molecule has 4 rings (SSSR count). The molecule has 0 spiro atoms. The van der Waals surface area contributed by atoms with E-state index in [1.54, 1.807) is 16.2 Å². The number of nitrogens with zero attached hydrogens (tertiary/aromatic N) is 5. The van der Waals surface area contributed by atoms with Crippen molar-refractivity contribution in [2.75, 3.05) is 24.5 Å². The topological polar surface area (TPSA) is 75.4 Å². The molecule has 0 aromatic carbocycles. The number of piperidine rings is 1. The molecule has 1 aliphatic rings. The van der Waals surface area contributed by atoms with Gasteiger partial charge in [0.25, 0.3) is 5.78 Å². The standard InChI is InChI=1S/C18H19F3N6OS/c19-18(20,21)14-10-15(27-17(25-14)23-11-24-27)26-7-4-12(5-8-26)16(28)22-6-3-13-2-1-9-29-13/h1-2,9-12H,3-8H2,(H,22,28). The smallest absolute Gasteiger partial charge is 0.356 e. The first-order valence-electron chi connectivity index (χ1n) is 9.25. The molecule has 1 saturated heterocycles. The summed E-state index contributed by atoms with van der Waals surface area (Å²) < 4.78 is 40.8. The largest absolute Gasteiger partial charge is 0.433 e. The Balaban J connectivity index is 1.39. The van der Waals surface area contributed by atoms with Crippen molar-refractivity contribution < 1.29 is 18.0 Å². The van der Waals surface area contributed by atoms with Crippen LogP contribution in [0, 0.1) is 5.92 Å². The number of amides is 1. The highest BCUT2D eigenvalue weighted by atomic mass is 32.1. The molecule has 7 nitrogen and oxygen atoms in total. The fraction of sp³-hybridized carbons (Fsp3) is 0.444. The van der Waals surface area contributed by atoms with Gasteiger partial charge in [-0.25, -0.2) is 4.98 Å². The summed E-state index contributed by atoms with van der Waals surface area (Å²) in [6.45, 7) is 1.50. The number of hydrogen-bond donors (Lipinski definition) is 1. The maximum absolute atomic E-state index is 13.2. The van der Waals surface area contributed by atoms with Gasteiger partial charge in [-0.05, 0) is 30.7 Å². The van der Waals surface area contributed by atoms with Crippen molar-refractivity contribution >= 4 is 28.8 Å². The number of hydrogen-bond acceptors (Lipinski definition) is 6. The molecule has 0 saturated carbocycles. The molecular formula is C18H19F3N6OS. The summed E-state index contributed by atoms with van der Waals surface area (Å²) in [4.78, 5) is 22.8. The minimum atomic E-state index is -4.57. The normalized spacial score (nSPS) is 15.8. The molecule has 29 heavy (non-hydrogen) atoms. The zero-order valence-corrected chi connectivity index (χ0v) is 16.2. The maximum Gasteiger partial charge on any atom is 0.433 e. The fourth-order valence-corrected chi connectivity index (χ4v) is 4.15. The molecule has 1 amide bonds. The molecule has 154 valence electrons. The summed E-state index contributed by atoms with van der Waals surface area (Å²) in [6, 6.07) is 5.00. The molecule has 1 fully saturated rings. The second kappa shape index (κ2) is 7.97. The van der Waals surface area contributed by atoms with Crippen LogP contribution in [0.4, 0.5) is 19.0 Å². The second-order valence-corrected chi connectivity index (χ2v) is 7.88. The second-order valence-electron chi connectivity index (χ2n) is 6.85. The van der Waals surface area contributed by atoms with Gasteiger partial charge in [0.1, 0.15) is 12.1 Å². The van der Waals surface area contributed by atoms with Crippen LogP contribution in [-0.4, -0.2) is 45.1 Å². The van der Waals surface area contributed by atoms with Crippen LogP contribution < -0.4 is 10.2 Å². The van der Waals surface area contributed by atoms with Crippen molar-refractivity contribution in [1.82, 2.24) is 24.9 Å². The van der Waals surface area contributed by atoms with Crippen LogP contribution in [0.1, 0.15) is 23.4 Å². The van der Waals surface area contributed by atoms with Crippen LogP contribution in [0.25, 0.3) is 5.78 Å². The van der Waals surface area contributed by atoms with Crippen LogP contribution in [0.5, 0.6) is 0 Å². The third-order valence-corrected chi connectivity index (χ3v) is 5.90. The summed E-state index contributed by atoms with van der Waals surface area (Å²) in [6.07, 6.45) is -1.47. The summed E-state index contributed by atoms with van der Waals surface area (Å²) >= 11 is 1.66.